The summed E-state index contributed by atoms with van der Waals surface area (Å²) >= 11 is 2.54. The molecule has 1 aliphatic heterocycles. The third kappa shape index (κ3) is 1.72. The van der Waals surface area contributed by atoms with E-state index in [9.17, 15) is 0 Å². The summed E-state index contributed by atoms with van der Waals surface area (Å²) in [5.41, 5.74) is 0. The number of nitrogens with zero attached hydrogens (tertiary/aromatic N) is 1. The van der Waals surface area contributed by atoms with Crippen molar-refractivity contribution in [3.8, 4) is 0 Å². The molecule has 0 N–H and O–H groups in total. The molecular formula is C9H16IN. The average molecular weight is 265 g/mol. The van der Waals surface area contributed by atoms with Gasteiger partial charge in [0, 0.05) is 13.1 Å². The van der Waals surface area contributed by atoms with Crippen LogP contribution in [-0.4, -0.2) is 22.0 Å². The van der Waals surface area contributed by atoms with Gasteiger partial charge >= 0.3 is 0 Å². The second-order valence-electron chi connectivity index (χ2n) is 4.07. The molecule has 1 aliphatic carbocycles. The molecule has 1 heterocycles. The summed E-state index contributed by atoms with van der Waals surface area (Å²) in [5, 5.41) is 0. The van der Waals surface area contributed by atoms with Gasteiger partial charge in [-0.1, -0.05) is 22.6 Å². The van der Waals surface area contributed by atoms with Gasteiger partial charge in [-0.25, -0.2) is 0 Å². The molecule has 2 fully saturated rings. The Bertz CT molecular complexity index is 134. The van der Waals surface area contributed by atoms with E-state index in [-0.39, 0.29) is 0 Å². The Kier molecular flexibility index (Phi) is 2.42. The van der Waals surface area contributed by atoms with Gasteiger partial charge in [-0.2, -0.15) is 0 Å². The lowest BCUT2D eigenvalue weighted by Gasteiger charge is -2.33. The summed E-state index contributed by atoms with van der Waals surface area (Å²) in [6.07, 6.45) is 4.54. The molecule has 2 heteroatoms. The first-order valence-corrected chi connectivity index (χ1v) is 5.88. The molecule has 2 aliphatic rings. The van der Waals surface area contributed by atoms with Crippen LogP contribution in [0.3, 0.4) is 0 Å². The van der Waals surface area contributed by atoms with Crippen LogP contribution in [0.15, 0.2) is 0 Å². The first-order valence-electron chi connectivity index (χ1n) is 4.64. The third-order valence-corrected chi connectivity index (χ3v) is 3.93. The lowest BCUT2D eigenvalue weighted by Crippen LogP contribution is -2.39. The summed E-state index contributed by atoms with van der Waals surface area (Å²) in [5.74, 6) is 2.09. The van der Waals surface area contributed by atoms with E-state index < -0.39 is 0 Å². The maximum atomic E-state index is 2.65. The Morgan fingerprint density at radius 1 is 1.27 bits per heavy atom. The fourth-order valence-electron chi connectivity index (χ4n) is 2.54. The van der Waals surface area contributed by atoms with Crippen LogP contribution in [0.1, 0.15) is 26.2 Å². The van der Waals surface area contributed by atoms with Gasteiger partial charge in [0.15, 0.2) is 0 Å². The summed E-state index contributed by atoms with van der Waals surface area (Å²) in [6, 6.07) is 0. The zero-order valence-electron chi connectivity index (χ0n) is 7.09. The van der Waals surface area contributed by atoms with Gasteiger partial charge in [0.05, 0.1) is 4.05 Å². The van der Waals surface area contributed by atoms with Crippen LogP contribution in [0.5, 0.6) is 0 Å². The minimum Gasteiger partial charge on any atom is -0.291 e. The van der Waals surface area contributed by atoms with E-state index in [2.05, 4.69) is 34.4 Å². The van der Waals surface area contributed by atoms with Gasteiger partial charge in [-0.15, -0.1) is 0 Å². The normalized spacial score (nSPS) is 40.9. The highest BCUT2D eigenvalue weighted by atomic mass is 127. The van der Waals surface area contributed by atoms with Crippen molar-refractivity contribution in [3.63, 3.8) is 0 Å². The molecule has 2 rings (SSSR count). The number of hydrogen-bond acceptors (Lipinski definition) is 1. The quantitative estimate of drug-likeness (QED) is 0.400. The first kappa shape index (κ1) is 8.30. The van der Waals surface area contributed by atoms with E-state index in [1.807, 2.05) is 0 Å². The highest BCUT2D eigenvalue weighted by Gasteiger charge is 2.33. The van der Waals surface area contributed by atoms with Crippen LogP contribution in [0.4, 0.5) is 0 Å². The number of piperidine rings is 1. The van der Waals surface area contributed by atoms with Gasteiger partial charge in [-0.05, 0) is 38.0 Å². The van der Waals surface area contributed by atoms with E-state index in [1.165, 1.54) is 32.4 Å². The van der Waals surface area contributed by atoms with Crippen molar-refractivity contribution in [3.05, 3.63) is 0 Å². The van der Waals surface area contributed by atoms with Crippen LogP contribution in [0.25, 0.3) is 0 Å². The van der Waals surface area contributed by atoms with Crippen LogP contribution in [0, 0.1) is 11.8 Å². The maximum absolute atomic E-state index is 2.65. The SMILES string of the molecule is C[C@@H](I)N1CC2CCC(C2)C1. The molecule has 0 radical (unpaired) electrons. The monoisotopic (exact) mass is 265 g/mol. The molecule has 1 saturated carbocycles. The first-order chi connectivity index (χ1) is 5.25. The molecule has 0 aromatic carbocycles. The van der Waals surface area contributed by atoms with E-state index in [4.69, 9.17) is 0 Å². The highest BCUT2D eigenvalue weighted by Crippen LogP contribution is 2.37. The van der Waals surface area contributed by atoms with E-state index in [1.54, 1.807) is 0 Å². The molecule has 0 aromatic heterocycles. The highest BCUT2D eigenvalue weighted by molar-refractivity contribution is 14.1. The van der Waals surface area contributed by atoms with E-state index in [0.29, 0.717) is 0 Å². The molecule has 1 saturated heterocycles. The molecule has 0 spiro atoms. The molecule has 11 heavy (non-hydrogen) atoms. The molecule has 64 valence electrons. The summed E-state index contributed by atoms with van der Waals surface area (Å²) < 4.78 is 0.746. The summed E-state index contributed by atoms with van der Waals surface area (Å²) in [4.78, 5) is 2.65. The van der Waals surface area contributed by atoms with E-state index >= 15 is 0 Å². The number of fused-ring (bicyclic) bond motifs is 2. The van der Waals surface area contributed by atoms with E-state index in [0.717, 1.165) is 15.9 Å². The molecule has 3 atom stereocenters. The molecular weight excluding hydrogens is 249 g/mol. The zero-order valence-corrected chi connectivity index (χ0v) is 9.25. The third-order valence-electron chi connectivity index (χ3n) is 3.14. The largest absolute Gasteiger partial charge is 0.291 e. The van der Waals surface area contributed by atoms with Gasteiger partial charge in [0.2, 0.25) is 0 Å². The molecule has 0 aromatic rings. The van der Waals surface area contributed by atoms with Gasteiger partial charge in [-0.3, -0.25) is 4.90 Å². The second kappa shape index (κ2) is 3.21. The van der Waals surface area contributed by atoms with Crippen molar-refractivity contribution in [2.75, 3.05) is 13.1 Å². The molecule has 0 amide bonds. The van der Waals surface area contributed by atoms with Crippen molar-refractivity contribution < 1.29 is 0 Å². The standard InChI is InChI=1S/C9H16IN/c1-7(10)11-5-8-2-3-9(4-8)6-11/h7-9H,2-6H2,1H3/t7-,8?,9?/m0/s1. The Morgan fingerprint density at radius 2 is 1.82 bits per heavy atom. The Hall–Kier alpha value is 0.690. The number of halogens is 1. The minimum atomic E-state index is 0.746. The fraction of sp³-hybridized carbons (Fsp3) is 1.00. The smallest absolute Gasteiger partial charge is 0.0590 e. The second-order valence-corrected chi connectivity index (χ2v) is 5.88. The van der Waals surface area contributed by atoms with Crippen molar-refractivity contribution in [2.24, 2.45) is 11.8 Å². The van der Waals surface area contributed by atoms with Crippen molar-refractivity contribution in [1.82, 2.24) is 4.90 Å². The predicted octanol–water partition coefficient (Wildman–Crippen LogP) is 2.50. The Morgan fingerprint density at radius 3 is 2.27 bits per heavy atom. The topological polar surface area (TPSA) is 3.24 Å². The predicted molar refractivity (Wildman–Crippen MR) is 55.9 cm³/mol. The lowest BCUT2D eigenvalue weighted by molar-refractivity contribution is 0.168. The van der Waals surface area contributed by atoms with Crippen LogP contribution in [0.2, 0.25) is 0 Å². The fourth-order valence-corrected chi connectivity index (χ4v) is 2.99. The zero-order chi connectivity index (χ0) is 7.84. The lowest BCUT2D eigenvalue weighted by atomic mass is 9.99. The molecule has 2 bridgehead atoms. The average Bonchev–Trinajstić information content (AvgIpc) is 2.30. The Labute approximate surface area is 82.7 Å². The van der Waals surface area contributed by atoms with Crippen molar-refractivity contribution in [2.45, 2.75) is 30.2 Å². The van der Waals surface area contributed by atoms with Crippen LogP contribution in [-0.2, 0) is 0 Å². The van der Waals surface area contributed by atoms with Crippen molar-refractivity contribution in [1.29, 1.82) is 0 Å². The van der Waals surface area contributed by atoms with Crippen LogP contribution < -0.4 is 0 Å². The Balaban J connectivity index is 1.97. The number of hydrogen-bond donors (Lipinski definition) is 0. The molecule has 2 unspecified atom stereocenters. The van der Waals surface area contributed by atoms with Gasteiger partial charge in [0.1, 0.15) is 0 Å². The number of alkyl halides is 1. The van der Waals surface area contributed by atoms with Crippen molar-refractivity contribution >= 4 is 22.6 Å². The number of likely N-dealkylation sites (tertiary alicyclic amines) is 1. The summed E-state index contributed by atoms with van der Waals surface area (Å²) in [6.45, 7) is 5.06. The minimum absolute atomic E-state index is 0.746. The van der Waals surface area contributed by atoms with Gasteiger partial charge in [0.25, 0.3) is 0 Å². The summed E-state index contributed by atoms with van der Waals surface area (Å²) in [7, 11) is 0. The van der Waals surface area contributed by atoms with Gasteiger partial charge < -0.3 is 0 Å². The van der Waals surface area contributed by atoms with Crippen LogP contribution >= 0.6 is 22.6 Å². The molecule has 1 nitrogen and oxygen atoms in total. The number of rotatable bonds is 1. The maximum Gasteiger partial charge on any atom is 0.0590 e.